The normalized spacial score (nSPS) is 12.0. The fourth-order valence-corrected chi connectivity index (χ4v) is 1.38. The molecule has 0 saturated carbocycles. The highest BCUT2D eigenvalue weighted by molar-refractivity contribution is 5.13. The summed E-state index contributed by atoms with van der Waals surface area (Å²) in [5.74, 6) is 0.516. The van der Waals surface area contributed by atoms with E-state index in [-0.39, 0.29) is 6.54 Å². The highest BCUT2D eigenvalue weighted by Gasteiger charge is 2.33. The quantitative estimate of drug-likeness (QED) is 0.899. The van der Waals surface area contributed by atoms with Gasteiger partial charge in [0, 0.05) is 18.3 Å². The van der Waals surface area contributed by atoms with Crippen molar-refractivity contribution < 1.29 is 17.6 Å². The van der Waals surface area contributed by atoms with Crippen molar-refractivity contribution in [3.05, 3.63) is 41.6 Å². The fourth-order valence-electron chi connectivity index (χ4n) is 1.38. The predicted octanol–water partition coefficient (Wildman–Crippen LogP) is 2.00. The zero-order valence-corrected chi connectivity index (χ0v) is 8.74. The standard InChI is InChI=1S/C10H10F3N3O/c11-10(12,13)9-1-2-16(15-9)5-8-3-7(4-14)6-17-8/h1-3,6H,4-5,14H2. The number of nitrogens with zero attached hydrogens (tertiary/aromatic N) is 2. The van der Waals surface area contributed by atoms with Gasteiger partial charge in [0.25, 0.3) is 0 Å². The molecule has 2 rings (SSSR count). The molecule has 0 unspecified atom stereocenters. The van der Waals surface area contributed by atoms with Crippen LogP contribution in [0.5, 0.6) is 0 Å². The molecule has 0 aliphatic heterocycles. The summed E-state index contributed by atoms with van der Waals surface area (Å²) in [5, 5.41) is 3.41. The lowest BCUT2D eigenvalue weighted by Gasteiger charge is -2.01. The molecule has 0 bridgehead atoms. The van der Waals surface area contributed by atoms with E-state index in [1.807, 2.05) is 0 Å². The molecule has 0 amide bonds. The number of aromatic nitrogens is 2. The van der Waals surface area contributed by atoms with Crippen LogP contribution in [-0.2, 0) is 19.3 Å². The topological polar surface area (TPSA) is 57.0 Å². The van der Waals surface area contributed by atoms with Crippen molar-refractivity contribution in [1.82, 2.24) is 9.78 Å². The summed E-state index contributed by atoms with van der Waals surface area (Å²) in [6.45, 7) is 0.479. The van der Waals surface area contributed by atoms with Gasteiger partial charge in [-0.15, -0.1) is 0 Å². The van der Waals surface area contributed by atoms with Crippen LogP contribution in [0.4, 0.5) is 13.2 Å². The average Bonchev–Trinajstić information content (AvgIpc) is 2.86. The molecular weight excluding hydrogens is 235 g/mol. The smallest absolute Gasteiger partial charge is 0.435 e. The Balaban J connectivity index is 2.11. The summed E-state index contributed by atoms with van der Waals surface area (Å²) in [6, 6.07) is 2.61. The molecule has 2 aromatic rings. The van der Waals surface area contributed by atoms with Gasteiger partial charge in [-0.05, 0) is 12.1 Å². The van der Waals surface area contributed by atoms with Gasteiger partial charge in [-0.1, -0.05) is 0 Å². The lowest BCUT2D eigenvalue weighted by Crippen LogP contribution is -2.08. The minimum atomic E-state index is -4.42. The molecule has 0 saturated heterocycles. The SMILES string of the molecule is NCc1coc(Cn2ccc(C(F)(F)F)n2)c1. The van der Waals surface area contributed by atoms with Crippen molar-refractivity contribution in [3.63, 3.8) is 0 Å². The molecular formula is C10H10F3N3O. The predicted molar refractivity (Wildman–Crippen MR) is 52.9 cm³/mol. The van der Waals surface area contributed by atoms with E-state index in [0.717, 1.165) is 11.6 Å². The van der Waals surface area contributed by atoms with Crippen molar-refractivity contribution in [1.29, 1.82) is 0 Å². The van der Waals surface area contributed by atoms with E-state index in [9.17, 15) is 13.2 Å². The average molecular weight is 245 g/mol. The van der Waals surface area contributed by atoms with E-state index in [4.69, 9.17) is 10.2 Å². The van der Waals surface area contributed by atoms with Gasteiger partial charge in [-0.2, -0.15) is 18.3 Å². The van der Waals surface area contributed by atoms with E-state index in [0.29, 0.717) is 12.3 Å². The van der Waals surface area contributed by atoms with Crippen LogP contribution in [0.2, 0.25) is 0 Å². The second-order valence-corrected chi connectivity index (χ2v) is 3.52. The number of nitrogens with two attached hydrogens (primary N) is 1. The summed E-state index contributed by atoms with van der Waals surface area (Å²) in [7, 11) is 0. The van der Waals surface area contributed by atoms with Gasteiger partial charge in [-0.25, -0.2) is 0 Å². The molecule has 0 radical (unpaired) electrons. The van der Waals surface area contributed by atoms with Crippen LogP contribution in [0.15, 0.2) is 29.0 Å². The van der Waals surface area contributed by atoms with E-state index < -0.39 is 11.9 Å². The first-order valence-electron chi connectivity index (χ1n) is 4.86. The van der Waals surface area contributed by atoms with Crippen molar-refractivity contribution in [3.8, 4) is 0 Å². The third kappa shape index (κ3) is 2.68. The van der Waals surface area contributed by atoms with Gasteiger partial charge >= 0.3 is 6.18 Å². The van der Waals surface area contributed by atoms with Crippen molar-refractivity contribution in [2.75, 3.05) is 0 Å². The summed E-state index contributed by atoms with van der Waals surface area (Å²) in [4.78, 5) is 0. The highest BCUT2D eigenvalue weighted by atomic mass is 19.4. The largest absolute Gasteiger partial charge is 0.467 e. The first kappa shape index (κ1) is 11.7. The minimum absolute atomic E-state index is 0.149. The van der Waals surface area contributed by atoms with Crippen LogP contribution >= 0.6 is 0 Å². The summed E-state index contributed by atoms with van der Waals surface area (Å²) in [5.41, 5.74) is 5.27. The van der Waals surface area contributed by atoms with Gasteiger partial charge < -0.3 is 10.2 Å². The fraction of sp³-hybridized carbons (Fsp3) is 0.300. The monoisotopic (exact) mass is 245 g/mol. The van der Waals surface area contributed by atoms with Crippen molar-refractivity contribution >= 4 is 0 Å². The Morgan fingerprint density at radius 3 is 2.71 bits per heavy atom. The van der Waals surface area contributed by atoms with E-state index in [1.54, 1.807) is 6.07 Å². The minimum Gasteiger partial charge on any atom is -0.467 e. The van der Waals surface area contributed by atoms with Crippen LogP contribution in [0.25, 0.3) is 0 Å². The Hall–Kier alpha value is -1.76. The molecule has 92 valence electrons. The maximum absolute atomic E-state index is 12.3. The molecule has 0 atom stereocenters. The zero-order valence-electron chi connectivity index (χ0n) is 8.74. The number of furan rings is 1. The van der Waals surface area contributed by atoms with Gasteiger partial charge in [0.1, 0.15) is 5.76 Å². The molecule has 0 fully saturated rings. The van der Waals surface area contributed by atoms with Gasteiger partial charge in [-0.3, -0.25) is 4.68 Å². The second-order valence-electron chi connectivity index (χ2n) is 3.52. The molecule has 4 nitrogen and oxygen atoms in total. The summed E-state index contributed by atoms with van der Waals surface area (Å²) >= 11 is 0. The van der Waals surface area contributed by atoms with E-state index in [1.165, 1.54) is 17.1 Å². The number of halogens is 3. The Kier molecular flexibility index (Phi) is 2.93. The molecule has 0 aliphatic carbocycles. The van der Waals surface area contributed by atoms with Crippen LogP contribution in [0.3, 0.4) is 0 Å². The number of alkyl halides is 3. The Labute approximate surface area is 94.8 Å². The van der Waals surface area contributed by atoms with E-state index >= 15 is 0 Å². The molecule has 0 aromatic carbocycles. The molecule has 2 heterocycles. The molecule has 7 heteroatoms. The first-order chi connectivity index (χ1) is 7.99. The number of hydrogen-bond acceptors (Lipinski definition) is 3. The Morgan fingerprint density at radius 2 is 2.18 bits per heavy atom. The molecule has 2 N–H and O–H groups in total. The van der Waals surface area contributed by atoms with Crippen LogP contribution < -0.4 is 5.73 Å². The second kappa shape index (κ2) is 4.25. The molecule has 2 aromatic heterocycles. The Bertz CT molecular complexity index is 501. The maximum atomic E-state index is 12.3. The number of rotatable bonds is 3. The summed E-state index contributed by atoms with van der Waals surface area (Å²) < 4.78 is 43.1. The molecule has 0 aliphatic rings. The van der Waals surface area contributed by atoms with Crippen molar-refractivity contribution in [2.45, 2.75) is 19.3 Å². The lowest BCUT2D eigenvalue weighted by atomic mass is 10.3. The van der Waals surface area contributed by atoms with Crippen LogP contribution in [-0.4, -0.2) is 9.78 Å². The van der Waals surface area contributed by atoms with Crippen molar-refractivity contribution in [2.24, 2.45) is 5.73 Å². The highest BCUT2D eigenvalue weighted by Crippen LogP contribution is 2.27. The van der Waals surface area contributed by atoms with E-state index in [2.05, 4.69) is 5.10 Å². The maximum Gasteiger partial charge on any atom is 0.435 e. The van der Waals surface area contributed by atoms with Gasteiger partial charge in [0.15, 0.2) is 5.69 Å². The molecule has 17 heavy (non-hydrogen) atoms. The van der Waals surface area contributed by atoms with Gasteiger partial charge in [0.2, 0.25) is 0 Å². The van der Waals surface area contributed by atoms with Crippen LogP contribution in [0, 0.1) is 0 Å². The first-order valence-corrected chi connectivity index (χ1v) is 4.86. The third-order valence-corrected chi connectivity index (χ3v) is 2.19. The zero-order chi connectivity index (χ0) is 12.5. The van der Waals surface area contributed by atoms with Gasteiger partial charge in [0.05, 0.1) is 12.8 Å². The Morgan fingerprint density at radius 1 is 1.41 bits per heavy atom. The lowest BCUT2D eigenvalue weighted by molar-refractivity contribution is -0.141. The third-order valence-electron chi connectivity index (χ3n) is 2.19. The summed E-state index contributed by atoms with van der Waals surface area (Å²) in [6.07, 6.45) is -1.69. The molecule has 0 spiro atoms. The number of hydrogen-bond donors (Lipinski definition) is 1. The van der Waals surface area contributed by atoms with Crippen LogP contribution in [0.1, 0.15) is 17.0 Å².